The summed E-state index contributed by atoms with van der Waals surface area (Å²) < 4.78 is 3.03. The van der Waals surface area contributed by atoms with Gasteiger partial charge in [0.1, 0.15) is 0 Å². The van der Waals surface area contributed by atoms with Gasteiger partial charge < -0.3 is 10.2 Å². The normalized spacial score (nSPS) is 5.11. The Morgan fingerprint density at radius 3 is 1.11 bits per heavy atom. The molecule has 0 aliphatic heterocycles. The molecule has 0 spiro atoms. The van der Waals surface area contributed by atoms with Crippen molar-refractivity contribution in [3.8, 4) is 0 Å². The molecule has 0 aromatic carbocycles. The zero-order valence-corrected chi connectivity index (χ0v) is 9.58. The summed E-state index contributed by atoms with van der Waals surface area (Å²) in [6.07, 6.45) is 0. The van der Waals surface area contributed by atoms with Crippen LogP contribution in [0.25, 0.3) is 0 Å². The van der Waals surface area contributed by atoms with E-state index in [-0.39, 0.29) is 21.1 Å². The van der Waals surface area contributed by atoms with Crippen LogP contribution < -0.4 is 10.2 Å². The molecule has 0 aliphatic rings. The Bertz CT molecular complexity index is 18.5. The quantitative estimate of drug-likeness (QED) is 0.611. The molecule has 0 atom stereocenters. The average Bonchev–Trinajstić information content (AvgIpc) is 1.98. The number of rotatable bonds is 2. The van der Waals surface area contributed by atoms with Crippen LogP contribution in [0.4, 0.5) is 0 Å². The molecule has 9 heavy (non-hydrogen) atoms. The maximum absolute atomic E-state index is 8.25. The van der Waals surface area contributed by atoms with Crippen molar-refractivity contribution >= 4 is 21.1 Å². The predicted molar refractivity (Wildman–Crippen MR) is 38.6 cm³/mol. The summed E-state index contributed by atoms with van der Waals surface area (Å²) in [4.78, 5) is 0. The molecule has 2 nitrogen and oxygen atoms in total. The zero-order chi connectivity index (χ0) is 8.12. The molecule has 56 valence electrons. The molecule has 0 bridgehead atoms. The first-order valence-corrected chi connectivity index (χ1v) is 6.97. The fraction of sp³-hybridized carbons (Fsp3) is 1.00. The van der Waals surface area contributed by atoms with Gasteiger partial charge in [-0.3, -0.25) is 0 Å². The molecule has 0 rings (SSSR count). The molecule has 0 heterocycles. The van der Waals surface area contributed by atoms with Gasteiger partial charge in [0.25, 0.3) is 0 Å². The zero-order valence-electron chi connectivity index (χ0n) is 6.73. The minimum absolute atomic E-state index is 0.218. The number of hydrogen-bond acceptors (Lipinski definition) is 2. The Morgan fingerprint density at radius 2 is 1.11 bits per heavy atom. The summed E-state index contributed by atoms with van der Waals surface area (Å²) >= 11 is 0.218. The Morgan fingerprint density at radius 1 is 0.889 bits per heavy atom. The summed E-state index contributed by atoms with van der Waals surface area (Å²) in [5, 5.41) is 16.5. The van der Waals surface area contributed by atoms with E-state index >= 15 is 0 Å². The Labute approximate surface area is 68.5 Å². The summed E-state index contributed by atoms with van der Waals surface area (Å²) in [7, 11) is 1.50. The van der Waals surface area contributed by atoms with E-state index in [0.717, 1.165) is 14.2 Å². The van der Waals surface area contributed by atoms with E-state index in [1.54, 1.807) is 0 Å². The third-order valence-electron chi connectivity index (χ3n) is 0.500. The first-order chi connectivity index (χ1) is 4.41. The molecular weight excluding hydrogens is 223 g/mol. The van der Waals surface area contributed by atoms with Gasteiger partial charge in [-0.05, 0) is 0 Å². The van der Waals surface area contributed by atoms with Crippen molar-refractivity contribution in [3.63, 3.8) is 0 Å². The molecule has 0 amide bonds. The maximum atomic E-state index is 8.25. The van der Waals surface area contributed by atoms with Gasteiger partial charge in [-0.1, -0.05) is 0 Å². The predicted octanol–water partition coefficient (Wildman–Crippen LogP) is -0.480. The van der Waals surface area contributed by atoms with Crippen molar-refractivity contribution < 1.29 is 10.2 Å². The van der Waals surface area contributed by atoms with Crippen LogP contribution in [0, 0.1) is 0 Å². The summed E-state index contributed by atoms with van der Waals surface area (Å²) in [6, 6.07) is 0. The largest absolute Gasteiger partial charge is 0.857 e. The minimum atomic E-state index is 0.218. The first kappa shape index (κ1) is 16.4. The second-order valence-corrected chi connectivity index (χ2v) is 6.42. The summed E-state index contributed by atoms with van der Waals surface area (Å²) in [5.74, 6) is 0. The van der Waals surface area contributed by atoms with Crippen LogP contribution in [0.3, 0.4) is 0 Å². The Hall–Kier alpha value is 0.719. The van der Waals surface area contributed by atoms with Crippen molar-refractivity contribution in [2.24, 2.45) is 0 Å². The smallest absolute Gasteiger partial charge is 0.153 e. The van der Waals surface area contributed by atoms with E-state index in [2.05, 4.69) is 13.8 Å². The maximum Gasteiger partial charge on any atom is -0.153 e. The molecule has 0 radical (unpaired) electrons. The third kappa shape index (κ3) is 53.2. The molecular formula is C6H16O2Sn. The molecule has 0 saturated carbocycles. The second kappa shape index (κ2) is 37.6. The third-order valence-corrected chi connectivity index (χ3v) is 3.35. The Kier molecular flexibility index (Phi) is 68.3. The Balaban J connectivity index is -0.0000000771. The van der Waals surface area contributed by atoms with E-state index in [1.165, 1.54) is 8.87 Å². The fourth-order valence-corrected chi connectivity index (χ4v) is 1.68. The molecule has 3 heteroatoms. The second-order valence-electron chi connectivity index (χ2n) is 0.957. The van der Waals surface area contributed by atoms with E-state index < -0.39 is 0 Å². The molecule has 0 aliphatic carbocycles. The van der Waals surface area contributed by atoms with Gasteiger partial charge in [0.15, 0.2) is 0 Å². The van der Waals surface area contributed by atoms with Crippen molar-refractivity contribution in [1.29, 1.82) is 0 Å². The van der Waals surface area contributed by atoms with Gasteiger partial charge in [-0.25, -0.2) is 0 Å². The van der Waals surface area contributed by atoms with E-state index in [4.69, 9.17) is 10.2 Å². The van der Waals surface area contributed by atoms with Crippen LogP contribution in [0.2, 0.25) is 8.87 Å². The topological polar surface area (TPSA) is 46.1 Å². The van der Waals surface area contributed by atoms with Crippen molar-refractivity contribution in [2.45, 2.75) is 22.7 Å². The SMILES string of the molecule is C[CH2][Sn+2][CH2]C.C[O-].C[O-]. The van der Waals surface area contributed by atoms with Crippen molar-refractivity contribution in [2.75, 3.05) is 14.2 Å². The van der Waals surface area contributed by atoms with E-state index in [1.807, 2.05) is 0 Å². The van der Waals surface area contributed by atoms with E-state index in [9.17, 15) is 0 Å². The van der Waals surface area contributed by atoms with Gasteiger partial charge in [0.2, 0.25) is 0 Å². The summed E-state index contributed by atoms with van der Waals surface area (Å²) in [5.41, 5.74) is 0. The van der Waals surface area contributed by atoms with Gasteiger partial charge >= 0.3 is 43.9 Å². The molecule has 0 fully saturated rings. The standard InChI is InChI=1S/2C2H5.2CH3O.Sn/c4*1-2;/h2*1H2,2H3;2*1H3;/q;;2*-1;+2. The molecule has 0 aromatic rings. The van der Waals surface area contributed by atoms with Gasteiger partial charge in [0, 0.05) is 0 Å². The molecule has 0 aromatic heterocycles. The van der Waals surface area contributed by atoms with Gasteiger partial charge in [-0.15, -0.1) is 0 Å². The minimum Gasteiger partial charge on any atom is -0.857 e. The van der Waals surface area contributed by atoms with Gasteiger partial charge in [-0.2, -0.15) is 14.2 Å². The fourth-order valence-electron chi connectivity index (χ4n) is 0.250. The van der Waals surface area contributed by atoms with Crippen LogP contribution in [-0.2, 0) is 0 Å². The molecule has 0 unspecified atom stereocenters. The van der Waals surface area contributed by atoms with Crippen LogP contribution in [0.5, 0.6) is 0 Å². The average molecular weight is 239 g/mol. The van der Waals surface area contributed by atoms with E-state index in [0.29, 0.717) is 0 Å². The molecule has 0 N–H and O–H groups in total. The van der Waals surface area contributed by atoms with Crippen molar-refractivity contribution in [3.05, 3.63) is 0 Å². The number of hydrogen-bond donors (Lipinski definition) is 0. The van der Waals surface area contributed by atoms with Crippen molar-refractivity contribution in [1.82, 2.24) is 0 Å². The first-order valence-electron chi connectivity index (χ1n) is 2.94. The summed E-state index contributed by atoms with van der Waals surface area (Å²) in [6.45, 7) is 4.57. The molecule has 0 saturated heterocycles. The van der Waals surface area contributed by atoms with Crippen LogP contribution in [0.1, 0.15) is 13.8 Å². The van der Waals surface area contributed by atoms with Gasteiger partial charge in [0.05, 0.1) is 0 Å². The van der Waals surface area contributed by atoms with Crippen LogP contribution >= 0.6 is 0 Å². The monoisotopic (exact) mass is 240 g/mol. The van der Waals surface area contributed by atoms with Crippen LogP contribution in [0.15, 0.2) is 0 Å². The van der Waals surface area contributed by atoms with Crippen LogP contribution in [-0.4, -0.2) is 35.4 Å².